The summed E-state index contributed by atoms with van der Waals surface area (Å²) in [6, 6.07) is 0. The number of hydrogen-bond donors (Lipinski definition) is 1. The van der Waals surface area contributed by atoms with Gasteiger partial charge >= 0.3 is 0 Å². The lowest BCUT2D eigenvalue weighted by atomic mass is 9.76. The average Bonchev–Trinajstić information content (AvgIpc) is 2.07. The Hall–Kier alpha value is -0.0800. The van der Waals surface area contributed by atoms with Crippen molar-refractivity contribution in [1.82, 2.24) is 0 Å². The van der Waals surface area contributed by atoms with Crippen molar-refractivity contribution in [3.8, 4) is 0 Å². The molecule has 0 aromatic carbocycles. The summed E-state index contributed by atoms with van der Waals surface area (Å²) in [6.07, 6.45) is 5.90. The monoisotopic (exact) mass is 200 g/mol. The molecule has 14 heavy (non-hydrogen) atoms. The second kappa shape index (κ2) is 5.13. The Bertz CT molecular complexity index is 154. The molecule has 1 unspecified atom stereocenters. The molecule has 0 aromatic heterocycles. The van der Waals surface area contributed by atoms with Gasteiger partial charge in [0.2, 0.25) is 0 Å². The molecule has 1 aliphatic rings. The Balaban J connectivity index is 2.10. The van der Waals surface area contributed by atoms with Crippen LogP contribution in [0.25, 0.3) is 0 Å². The highest BCUT2D eigenvalue weighted by Gasteiger charge is 2.26. The molecule has 0 bridgehead atoms. The molecule has 2 heteroatoms. The zero-order valence-electron chi connectivity index (χ0n) is 9.75. The molecule has 0 aromatic rings. The third-order valence-corrected chi connectivity index (χ3v) is 3.18. The van der Waals surface area contributed by atoms with E-state index in [4.69, 9.17) is 9.84 Å². The van der Waals surface area contributed by atoms with Crippen molar-refractivity contribution in [3.05, 3.63) is 0 Å². The molecular formula is C12H24O2. The number of rotatable bonds is 4. The average molecular weight is 200 g/mol. The maximum atomic E-state index is 9.08. The van der Waals surface area contributed by atoms with Gasteiger partial charge in [0.25, 0.3) is 0 Å². The van der Waals surface area contributed by atoms with Crippen molar-refractivity contribution in [1.29, 1.82) is 0 Å². The molecule has 2 nitrogen and oxygen atoms in total. The minimum absolute atomic E-state index is 0.227. The van der Waals surface area contributed by atoms with Crippen LogP contribution in [0.1, 0.15) is 52.9 Å². The molecule has 1 fully saturated rings. The largest absolute Gasteiger partial charge is 0.393 e. The van der Waals surface area contributed by atoms with Gasteiger partial charge in [0.05, 0.1) is 12.2 Å². The first-order valence-corrected chi connectivity index (χ1v) is 5.79. The number of aliphatic hydroxyl groups is 1. The van der Waals surface area contributed by atoms with Gasteiger partial charge in [-0.15, -0.1) is 0 Å². The predicted molar refractivity (Wildman–Crippen MR) is 58.3 cm³/mol. The molecule has 1 saturated carbocycles. The lowest BCUT2D eigenvalue weighted by Crippen LogP contribution is -2.27. The zero-order valence-corrected chi connectivity index (χ0v) is 9.75. The molecule has 1 rings (SSSR count). The highest BCUT2D eigenvalue weighted by molar-refractivity contribution is 4.78. The van der Waals surface area contributed by atoms with E-state index in [9.17, 15) is 0 Å². The first-order chi connectivity index (χ1) is 6.49. The van der Waals surface area contributed by atoms with E-state index in [0.717, 1.165) is 6.42 Å². The minimum atomic E-state index is -0.227. The van der Waals surface area contributed by atoms with Gasteiger partial charge in [-0.3, -0.25) is 0 Å². The van der Waals surface area contributed by atoms with E-state index >= 15 is 0 Å². The van der Waals surface area contributed by atoms with Crippen molar-refractivity contribution < 1.29 is 9.84 Å². The van der Waals surface area contributed by atoms with Gasteiger partial charge in [0.1, 0.15) is 0 Å². The maximum absolute atomic E-state index is 9.08. The van der Waals surface area contributed by atoms with E-state index in [0.29, 0.717) is 18.1 Å². The van der Waals surface area contributed by atoms with Crippen LogP contribution < -0.4 is 0 Å². The molecule has 0 spiro atoms. The van der Waals surface area contributed by atoms with E-state index in [1.807, 2.05) is 6.92 Å². The molecule has 1 atom stereocenters. The summed E-state index contributed by atoms with van der Waals surface area (Å²) in [7, 11) is 0. The van der Waals surface area contributed by atoms with Crippen molar-refractivity contribution in [2.45, 2.75) is 65.1 Å². The standard InChI is InChI=1S/C12H24O2/c1-10(13)6-9-14-11-4-7-12(2,3)8-5-11/h10-11,13H,4-9H2,1-3H3. The first kappa shape index (κ1) is 12.0. The fraction of sp³-hybridized carbons (Fsp3) is 1.00. The molecule has 0 radical (unpaired) electrons. The van der Waals surface area contributed by atoms with Crippen LogP contribution >= 0.6 is 0 Å². The number of hydrogen-bond acceptors (Lipinski definition) is 2. The fourth-order valence-electron chi connectivity index (χ4n) is 1.94. The molecule has 0 amide bonds. The summed E-state index contributed by atoms with van der Waals surface area (Å²) < 4.78 is 5.73. The van der Waals surface area contributed by atoms with Gasteiger partial charge in [-0.1, -0.05) is 13.8 Å². The summed E-state index contributed by atoms with van der Waals surface area (Å²) in [5.41, 5.74) is 0.518. The minimum Gasteiger partial charge on any atom is -0.393 e. The van der Waals surface area contributed by atoms with E-state index in [-0.39, 0.29) is 6.10 Å². The quantitative estimate of drug-likeness (QED) is 0.756. The second-order valence-electron chi connectivity index (χ2n) is 5.37. The van der Waals surface area contributed by atoms with Crippen LogP contribution in [0.3, 0.4) is 0 Å². The zero-order chi connectivity index (χ0) is 10.6. The molecule has 1 aliphatic carbocycles. The van der Waals surface area contributed by atoms with Crippen molar-refractivity contribution in [3.63, 3.8) is 0 Å². The van der Waals surface area contributed by atoms with Crippen molar-refractivity contribution in [2.75, 3.05) is 6.61 Å². The summed E-state index contributed by atoms with van der Waals surface area (Å²) in [5, 5.41) is 9.08. The van der Waals surface area contributed by atoms with Gasteiger partial charge in [-0.25, -0.2) is 0 Å². The van der Waals surface area contributed by atoms with E-state index in [1.54, 1.807) is 0 Å². The maximum Gasteiger partial charge on any atom is 0.0575 e. The topological polar surface area (TPSA) is 29.5 Å². The van der Waals surface area contributed by atoms with E-state index < -0.39 is 0 Å². The fourth-order valence-corrected chi connectivity index (χ4v) is 1.94. The van der Waals surface area contributed by atoms with Crippen molar-refractivity contribution >= 4 is 0 Å². The highest BCUT2D eigenvalue weighted by atomic mass is 16.5. The van der Waals surface area contributed by atoms with Gasteiger partial charge < -0.3 is 9.84 Å². The Morgan fingerprint density at radius 3 is 2.43 bits per heavy atom. The Labute approximate surface area is 87.7 Å². The molecule has 0 saturated heterocycles. The van der Waals surface area contributed by atoms with Crippen LogP contribution in [0.15, 0.2) is 0 Å². The van der Waals surface area contributed by atoms with Crippen LogP contribution in [0.5, 0.6) is 0 Å². The smallest absolute Gasteiger partial charge is 0.0575 e. The first-order valence-electron chi connectivity index (χ1n) is 5.79. The molecule has 84 valence electrons. The van der Waals surface area contributed by atoms with Crippen LogP contribution in [0, 0.1) is 5.41 Å². The van der Waals surface area contributed by atoms with Crippen LogP contribution in [0.4, 0.5) is 0 Å². The second-order valence-corrected chi connectivity index (χ2v) is 5.37. The molecular weight excluding hydrogens is 176 g/mol. The van der Waals surface area contributed by atoms with Crippen LogP contribution in [0.2, 0.25) is 0 Å². The highest BCUT2D eigenvalue weighted by Crippen LogP contribution is 2.36. The summed E-state index contributed by atoms with van der Waals surface area (Å²) >= 11 is 0. The number of ether oxygens (including phenoxy) is 1. The van der Waals surface area contributed by atoms with E-state index in [1.165, 1.54) is 25.7 Å². The Morgan fingerprint density at radius 1 is 1.36 bits per heavy atom. The predicted octanol–water partition coefficient (Wildman–Crippen LogP) is 2.74. The van der Waals surface area contributed by atoms with Crippen LogP contribution in [-0.2, 0) is 4.74 Å². The van der Waals surface area contributed by atoms with Gasteiger partial charge in [-0.2, -0.15) is 0 Å². The van der Waals surface area contributed by atoms with E-state index in [2.05, 4.69) is 13.8 Å². The lowest BCUT2D eigenvalue weighted by molar-refractivity contribution is -0.00771. The lowest BCUT2D eigenvalue weighted by Gasteiger charge is -2.34. The Morgan fingerprint density at radius 2 is 1.93 bits per heavy atom. The third kappa shape index (κ3) is 4.43. The summed E-state index contributed by atoms with van der Waals surface area (Å²) in [4.78, 5) is 0. The third-order valence-electron chi connectivity index (χ3n) is 3.18. The number of aliphatic hydroxyl groups excluding tert-OH is 1. The SMILES string of the molecule is CC(O)CCOC1CCC(C)(C)CC1. The molecule has 0 heterocycles. The van der Waals surface area contributed by atoms with Crippen LogP contribution in [-0.4, -0.2) is 23.9 Å². The van der Waals surface area contributed by atoms with Gasteiger partial charge in [0.15, 0.2) is 0 Å². The normalized spacial score (nSPS) is 24.9. The summed E-state index contributed by atoms with van der Waals surface area (Å²) in [5.74, 6) is 0. The van der Waals surface area contributed by atoms with Gasteiger partial charge in [0, 0.05) is 6.61 Å². The molecule has 1 N–H and O–H groups in total. The summed E-state index contributed by atoms with van der Waals surface area (Å²) in [6.45, 7) is 7.19. The van der Waals surface area contributed by atoms with Crippen molar-refractivity contribution in [2.24, 2.45) is 5.41 Å². The van der Waals surface area contributed by atoms with Gasteiger partial charge in [-0.05, 0) is 44.4 Å². The Kier molecular flexibility index (Phi) is 4.39. The molecule has 0 aliphatic heterocycles.